The number of nitriles is 1. The van der Waals surface area contributed by atoms with Crippen LogP contribution in [0.15, 0.2) is 48.5 Å². The molecule has 1 atom stereocenters. The Hall–Kier alpha value is -4.11. The molecule has 1 unspecified atom stereocenters. The highest BCUT2D eigenvalue weighted by atomic mass is 35.5. The predicted octanol–water partition coefficient (Wildman–Crippen LogP) is 4.28. The molecule has 8 nitrogen and oxygen atoms in total. The standard InChI is InChI=1S/C24H18ClF4N5O3/c25-16-9-13(1-6-20(16)37-24(27,28)29)10-18(22(36)32-23(12-30)7-8-23)31-21(35)19-11-17(33-34-19)14-2-4-15(26)5-3-14/h1-6,9,11,18H,7-8,10H2,(H,31,35)(H,32,36)(H,33,34). The Morgan fingerprint density at radius 2 is 1.89 bits per heavy atom. The fourth-order valence-electron chi connectivity index (χ4n) is 3.48. The molecule has 1 saturated carbocycles. The smallest absolute Gasteiger partial charge is 0.404 e. The van der Waals surface area contributed by atoms with E-state index in [1.54, 1.807) is 0 Å². The minimum atomic E-state index is -4.94. The van der Waals surface area contributed by atoms with Crippen LogP contribution in [-0.2, 0) is 11.2 Å². The van der Waals surface area contributed by atoms with Crippen LogP contribution in [0.2, 0.25) is 5.02 Å². The third-order valence-corrected chi connectivity index (χ3v) is 5.87. The van der Waals surface area contributed by atoms with Gasteiger partial charge in [0.15, 0.2) is 0 Å². The molecule has 2 aromatic carbocycles. The summed E-state index contributed by atoms with van der Waals surface area (Å²) in [5.41, 5.74) is 0.223. The molecular formula is C24H18ClF4N5O3. The first kappa shape index (κ1) is 26.0. The number of nitrogens with one attached hydrogen (secondary N) is 3. The molecule has 37 heavy (non-hydrogen) atoms. The second-order valence-corrected chi connectivity index (χ2v) is 8.81. The Morgan fingerprint density at radius 1 is 1.19 bits per heavy atom. The molecule has 3 N–H and O–H groups in total. The molecule has 2 amide bonds. The van der Waals surface area contributed by atoms with E-state index in [1.165, 1.54) is 42.5 Å². The highest BCUT2D eigenvalue weighted by molar-refractivity contribution is 6.32. The number of alkyl halides is 3. The van der Waals surface area contributed by atoms with Gasteiger partial charge in [0, 0.05) is 12.0 Å². The van der Waals surface area contributed by atoms with E-state index in [9.17, 15) is 32.4 Å². The maximum absolute atomic E-state index is 13.2. The van der Waals surface area contributed by atoms with Crippen molar-refractivity contribution in [1.29, 1.82) is 5.26 Å². The first-order valence-electron chi connectivity index (χ1n) is 10.9. The van der Waals surface area contributed by atoms with Crippen molar-refractivity contribution in [2.24, 2.45) is 0 Å². The van der Waals surface area contributed by atoms with Crippen molar-refractivity contribution in [2.45, 2.75) is 37.2 Å². The molecule has 0 spiro atoms. The van der Waals surface area contributed by atoms with E-state index < -0.39 is 41.3 Å². The van der Waals surface area contributed by atoms with Crippen LogP contribution in [0.3, 0.4) is 0 Å². The summed E-state index contributed by atoms with van der Waals surface area (Å²) in [6.45, 7) is 0. The predicted molar refractivity (Wildman–Crippen MR) is 123 cm³/mol. The van der Waals surface area contributed by atoms with Crippen molar-refractivity contribution in [2.75, 3.05) is 0 Å². The van der Waals surface area contributed by atoms with Gasteiger partial charge in [0.2, 0.25) is 5.91 Å². The van der Waals surface area contributed by atoms with Gasteiger partial charge in [-0.1, -0.05) is 17.7 Å². The molecule has 0 radical (unpaired) electrons. The van der Waals surface area contributed by atoms with Gasteiger partial charge >= 0.3 is 6.36 Å². The Labute approximate surface area is 212 Å². The number of hydrogen-bond donors (Lipinski definition) is 3. The van der Waals surface area contributed by atoms with Crippen LogP contribution in [0.5, 0.6) is 5.75 Å². The number of aromatic nitrogens is 2. The first-order chi connectivity index (χ1) is 17.5. The minimum absolute atomic E-state index is 0.00509. The zero-order chi connectivity index (χ0) is 26.8. The van der Waals surface area contributed by atoms with Gasteiger partial charge in [-0.25, -0.2) is 4.39 Å². The van der Waals surface area contributed by atoms with E-state index >= 15 is 0 Å². The summed E-state index contributed by atoms with van der Waals surface area (Å²) in [5, 5.41) is 20.7. The SMILES string of the molecule is N#CC1(NC(=O)C(Cc2ccc(OC(F)(F)F)c(Cl)c2)NC(=O)c2cc(-c3ccc(F)cc3)n[nH]2)CC1. The van der Waals surface area contributed by atoms with E-state index in [-0.39, 0.29) is 17.1 Å². The van der Waals surface area contributed by atoms with Crippen molar-refractivity contribution in [3.63, 3.8) is 0 Å². The maximum Gasteiger partial charge on any atom is 0.573 e. The van der Waals surface area contributed by atoms with E-state index in [2.05, 4.69) is 25.6 Å². The molecule has 1 aliphatic rings. The van der Waals surface area contributed by atoms with Gasteiger partial charge in [-0.2, -0.15) is 10.4 Å². The molecule has 1 heterocycles. The number of carbonyl (C=O) groups excluding carboxylic acids is 2. The average Bonchev–Trinajstić information content (AvgIpc) is 3.43. The zero-order valence-electron chi connectivity index (χ0n) is 18.8. The molecule has 0 saturated heterocycles. The molecule has 1 aromatic heterocycles. The van der Waals surface area contributed by atoms with E-state index in [1.807, 2.05) is 6.07 Å². The van der Waals surface area contributed by atoms with Crippen LogP contribution < -0.4 is 15.4 Å². The Bertz CT molecular complexity index is 1360. The fourth-order valence-corrected chi connectivity index (χ4v) is 3.72. The lowest BCUT2D eigenvalue weighted by atomic mass is 10.0. The third kappa shape index (κ3) is 6.56. The van der Waals surface area contributed by atoms with Crippen LogP contribution in [-0.4, -0.2) is 40.0 Å². The number of H-pyrrole nitrogens is 1. The van der Waals surface area contributed by atoms with Gasteiger partial charge in [-0.15, -0.1) is 13.2 Å². The highest BCUT2D eigenvalue weighted by Gasteiger charge is 2.45. The lowest BCUT2D eigenvalue weighted by Crippen LogP contribution is -2.51. The Balaban J connectivity index is 1.53. The van der Waals surface area contributed by atoms with Crippen LogP contribution >= 0.6 is 11.6 Å². The van der Waals surface area contributed by atoms with Gasteiger partial charge in [0.25, 0.3) is 5.91 Å². The summed E-state index contributed by atoms with van der Waals surface area (Å²) in [4.78, 5) is 25.9. The zero-order valence-corrected chi connectivity index (χ0v) is 19.6. The summed E-state index contributed by atoms with van der Waals surface area (Å²) < 4.78 is 54.6. The van der Waals surface area contributed by atoms with Crippen molar-refractivity contribution in [3.8, 4) is 23.1 Å². The van der Waals surface area contributed by atoms with Gasteiger partial charge in [-0.3, -0.25) is 14.7 Å². The fraction of sp³-hybridized carbons (Fsp3) is 0.250. The summed E-state index contributed by atoms with van der Waals surface area (Å²) in [5.74, 6) is -2.41. The van der Waals surface area contributed by atoms with E-state index in [0.29, 0.717) is 29.7 Å². The van der Waals surface area contributed by atoms with E-state index in [4.69, 9.17) is 11.6 Å². The summed E-state index contributed by atoms with van der Waals surface area (Å²) in [7, 11) is 0. The minimum Gasteiger partial charge on any atom is -0.404 e. The second-order valence-electron chi connectivity index (χ2n) is 8.40. The molecule has 4 rings (SSSR count). The first-order valence-corrected chi connectivity index (χ1v) is 11.2. The summed E-state index contributed by atoms with van der Waals surface area (Å²) in [6.07, 6.45) is -4.18. The number of benzene rings is 2. The normalized spacial score (nSPS) is 14.8. The van der Waals surface area contributed by atoms with Crippen molar-refractivity contribution in [1.82, 2.24) is 20.8 Å². The number of aromatic amines is 1. The summed E-state index contributed by atoms with van der Waals surface area (Å²) in [6, 6.07) is 11.1. The highest BCUT2D eigenvalue weighted by Crippen LogP contribution is 2.35. The third-order valence-electron chi connectivity index (χ3n) is 5.57. The number of carbonyl (C=O) groups is 2. The molecule has 3 aromatic rings. The summed E-state index contributed by atoms with van der Waals surface area (Å²) >= 11 is 5.92. The molecular weight excluding hydrogens is 518 g/mol. The number of halogens is 5. The Kier molecular flexibility index (Phi) is 7.09. The molecule has 0 aliphatic heterocycles. The lowest BCUT2D eigenvalue weighted by molar-refractivity contribution is -0.274. The number of amides is 2. The number of rotatable bonds is 8. The molecule has 1 aliphatic carbocycles. The van der Waals surface area contributed by atoms with Crippen molar-refractivity contribution >= 4 is 23.4 Å². The van der Waals surface area contributed by atoms with E-state index in [0.717, 1.165) is 6.07 Å². The van der Waals surface area contributed by atoms with Crippen molar-refractivity contribution < 1.29 is 31.9 Å². The number of nitrogens with zero attached hydrogens (tertiary/aromatic N) is 2. The number of ether oxygens (including phenoxy) is 1. The topological polar surface area (TPSA) is 120 Å². The monoisotopic (exact) mass is 535 g/mol. The van der Waals surface area contributed by atoms with Crippen LogP contribution in [0.25, 0.3) is 11.3 Å². The average molecular weight is 536 g/mol. The lowest BCUT2D eigenvalue weighted by Gasteiger charge is -2.20. The molecule has 13 heteroatoms. The van der Waals surface area contributed by atoms with Crippen LogP contribution in [0.4, 0.5) is 17.6 Å². The quantitative estimate of drug-likeness (QED) is 0.372. The van der Waals surface area contributed by atoms with Gasteiger partial charge < -0.3 is 15.4 Å². The molecule has 192 valence electrons. The maximum atomic E-state index is 13.2. The van der Waals surface area contributed by atoms with Gasteiger partial charge in [0.05, 0.1) is 16.8 Å². The molecule has 0 bridgehead atoms. The number of hydrogen-bond acceptors (Lipinski definition) is 5. The molecule has 1 fully saturated rings. The largest absolute Gasteiger partial charge is 0.573 e. The van der Waals surface area contributed by atoms with Crippen LogP contribution in [0.1, 0.15) is 28.9 Å². The van der Waals surface area contributed by atoms with Crippen molar-refractivity contribution in [3.05, 3.63) is 70.6 Å². The Morgan fingerprint density at radius 3 is 2.49 bits per heavy atom. The van der Waals surface area contributed by atoms with Gasteiger partial charge in [0.1, 0.15) is 28.8 Å². The van der Waals surface area contributed by atoms with Gasteiger partial charge in [-0.05, 0) is 60.9 Å². The van der Waals surface area contributed by atoms with Crippen LogP contribution in [0, 0.1) is 17.1 Å². The second kappa shape index (κ2) is 10.1.